The average Bonchev–Trinajstić information content (AvgIpc) is 2.22. The average molecular weight is 233 g/mol. The summed E-state index contributed by atoms with van der Waals surface area (Å²) in [4.78, 5) is 7.91. The van der Waals surface area contributed by atoms with Crippen LogP contribution in [-0.4, -0.2) is 16.6 Å². The van der Waals surface area contributed by atoms with Crippen LogP contribution < -0.4 is 0 Å². The SMILES string of the molecule is CCOC(CC)c1nc(C)c(F)c(Cl)n1. The van der Waals surface area contributed by atoms with E-state index in [1.807, 2.05) is 13.8 Å². The van der Waals surface area contributed by atoms with Gasteiger partial charge in [-0.1, -0.05) is 18.5 Å². The minimum atomic E-state index is -0.563. The van der Waals surface area contributed by atoms with Gasteiger partial charge in [0, 0.05) is 6.61 Å². The quantitative estimate of drug-likeness (QED) is 0.749. The van der Waals surface area contributed by atoms with E-state index in [4.69, 9.17) is 16.3 Å². The van der Waals surface area contributed by atoms with Gasteiger partial charge in [-0.3, -0.25) is 0 Å². The van der Waals surface area contributed by atoms with Crippen molar-refractivity contribution < 1.29 is 9.13 Å². The Hall–Kier alpha value is -0.740. The Labute approximate surface area is 93.6 Å². The molecule has 0 aromatic carbocycles. The molecule has 1 atom stereocenters. The Balaban J connectivity index is 3.03. The largest absolute Gasteiger partial charge is 0.371 e. The molecule has 0 radical (unpaired) electrons. The molecule has 3 nitrogen and oxygen atoms in total. The highest BCUT2D eigenvalue weighted by atomic mass is 35.5. The molecule has 0 saturated carbocycles. The number of hydrogen-bond acceptors (Lipinski definition) is 3. The number of hydrogen-bond donors (Lipinski definition) is 0. The number of aryl methyl sites for hydroxylation is 1. The van der Waals surface area contributed by atoms with E-state index in [-0.39, 0.29) is 17.0 Å². The lowest BCUT2D eigenvalue weighted by Crippen LogP contribution is -2.10. The Morgan fingerprint density at radius 3 is 2.53 bits per heavy atom. The van der Waals surface area contributed by atoms with Crippen LogP contribution in [0.5, 0.6) is 0 Å². The van der Waals surface area contributed by atoms with Crippen molar-refractivity contribution in [1.82, 2.24) is 9.97 Å². The monoisotopic (exact) mass is 232 g/mol. The molecule has 84 valence electrons. The highest BCUT2D eigenvalue weighted by Gasteiger charge is 2.16. The minimum absolute atomic E-state index is 0.143. The maximum atomic E-state index is 13.2. The van der Waals surface area contributed by atoms with E-state index in [0.717, 1.165) is 6.42 Å². The Morgan fingerprint density at radius 1 is 1.40 bits per heavy atom. The molecule has 5 heteroatoms. The van der Waals surface area contributed by atoms with Crippen molar-refractivity contribution in [3.05, 3.63) is 22.5 Å². The second-order valence-corrected chi connectivity index (χ2v) is 3.48. The molecule has 0 spiro atoms. The molecule has 0 bridgehead atoms. The molecule has 1 aromatic heterocycles. The molecule has 0 aliphatic rings. The van der Waals surface area contributed by atoms with E-state index in [0.29, 0.717) is 12.4 Å². The second kappa shape index (κ2) is 5.37. The molecule has 1 heterocycles. The van der Waals surface area contributed by atoms with Gasteiger partial charge in [-0.15, -0.1) is 0 Å². The van der Waals surface area contributed by atoms with Gasteiger partial charge in [-0.2, -0.15) is 0 Å². The third kappa shape index (κ3) is 2.86. The van der Waals surface area contributed by atoms with Gasteiger partial charge in [0.25, 0.3) is 0 Å². The minimum Gasteiger partial charge on any atom is -0.371 e. The summed E-state index contributed by atoms with van der Waals surface area (Å²) in [7, 11) is 0. The summed E-state index contributed by atoms with van der Waals surface area (Å²) in [5.41, 5.74) is 0.253. The first-order chi connectivity index (χ1) is 7.10. The van der Waals surface area contributed by atoms with Crippen LogP contribution in [0.1, 0.15) is 37.9 Å². The first-order valence-electron chi connectivity index (χ1n) is 4.91. The van der Waals surface area contributed by atoms with Crippen molar-refractivity contribution in [2.75, 3.05) is 6.61 Å². The Kier molecular flexibility index (Phi) is 4.42. The molecular weight excluding hydrogens is 219 g/mol. The summed E-state index contributed by atoms with van der Waals surface area (Å²) >= 11 is 5.64. The zero-order valence-corrected chi connectivity index (χ0v) is 9.81. The molecule has 1 aromatic rings. The van der Waals surface area contributed by atoms with Crippen LogP contribution in [0.3, 0.4) is 0 Å². The lowest BCUT2D eigenvalue weighted by atomic mass is 10.2. The molecule has 15 heavy (non-hydrogen) atoms. The van der Waals surface area contributed by atoms with Crippen LogP contribution in [0.2, 0.25) is 5.15 Å². The predicted octanol–water partition coefficient (Wildman–Crippen LogP) is 3.07. The summed E-state index contributed by atoms with van der Waals surface area (Å²) in [6.07, 6.45) is 0.515. The fourth-order valence-corrected chi connectivity index (χ4v) is 1.49. The lowest BCUT2D eigenvalue weighted by Gasteiger charge is -2.14. The highest BCUT2D eigenvalue weighted by Crippen LogP contribution is 2.21. The zero-order chi connectivity index (χ0) is 11.4. The number of aromatic nitrogens is 2. The fourth-order valence-electron chi connectivity index (χ4n) is 1.26. The van der Waals surface area contributed by atoms with Gasteiger partial charge in [0.05, 0.1) is 5.69 Å². The van der Waals surface area contributed by atoms with E-state index in [1.165, 1.54) is 0 Å². The molecule has 0 aliphatic carbocycles. The van der Waals surface area contributed by atoms with Crippen LogP contribution in [0.4, 0.5) is 4.39 Å². The highest BCUT2D eigenvalue weighted by molar-refractivity contribution is 6.29. The van der Waals surface area contributed by atoms with Gasteiger partial charge in [0.1, 0.15) is 6.10 Å². The van der Waals surface area contributed by atoms with Gasteiger partial charge in [-0.05, 0) is 20.3 Å². The Morgan fingerprint density at radius 2 is 2.07 bits per heavy atom. The molecular formula is C10H14ClFN2O. The third-order valence-corrected chi connectivity index (χ3v) is 2.27. The maximum Gasteiger partial charge on any atom is 0.181 e. The van der Waals surface area contributed by atoms with Crippen molar-refractivity contribution in [2.24, 2.45) is 0 Å². The van der Waals surface area contributed by atoms with E-state index in [2.05, 4.69) is 9.97 Å². The molecule has 1 unspecified atom stereocenters. The van der Waals surface area contributed by atoms with Gasteiger partial charge in [0.2, 0.25) is 0 Å². The summed E-state index contributed by atoms with van der Waals surface area (Å²) in [6, 6.07) is 0. The Bertz CT molecular complexity index is 323. The third-order valence-electron chi connectivity index (χ3n) is 2.02. The van der Waals surface area contributed by atoms with Crippen LogP contribution in [0.25, 0.3) is 0 Å². The van der Waals surface area contributed by atoms with Gasteiger partial charge >= 0.3 is 0 Å². The first kappa shape index (κ1) is 12.3. The van der Waals surface area contributed by atoms with Crippen molar-refractivity contribution in [2.45, 2.75) is 33.3 Å². The van der Waals surface area contributed by atoms with Crippen LogP contribution >= 0.6 is 11.6 Å². The summed E-state index contributed by atoms with van der Waals surface area (Å²) < 4.78 is 18.6. The van der Waals surface area contributed by atoms with Gasteiger partial charge < -0.3 is 4.74 Å². The van der Waals surface area contributed by atoms with Crippen LogP contribution in [0.15, 0.2) is 0 Å². The fraction of sp³-hybridized carbons (Fsp3) is 0.600. The van der Waals surface area contributed by atoms with E-state index >= 15 is 0 Å². The molecule has 0 fully saturated rings. The summed E-state index contributed by atoms with van der Waals surface area (Å²) in [6.45, 7) is 5.97. The van der Waals surface area contributed by atoms with Gasteiger partial charge in [-0.25, -0.2) is 14.4 Å². The number of halogens is 2. The lowest BCUT2D eigenvalue weighted by molar-refractivity contribution is 0.0532. The normalized spacial score (nSPS) is 12.9. The van der Waals surface area contributed by atoms with Crippen molar-refractivity contribution in [1.29, 1.82) is 0 Å². The van der Waals surface area contributed by atoms with Crippen molar-refractivity contribution >= 4 is 11.6 Å². The molecule has 0 N–H and O–H groups in total. The van der Waals surface area contributed by atoms with Crippen molar-refractivity contribution in [3.63, 3.8) is 0 Å². The maximum absolute atomic E-state index is 13.2. The van der Waals surface area contributed by atoms with E-state index in [1.54, 1.807) is 6.92 Å². The number of ether oxygens (including phenoxy) is 1. The topological polar surface area (TPSA) is 35.0 Å². The number of rotatable bonds is 4. The molecule has 0 saturated heterocycles. The van der Waals surface area contributed by atoms with E-state index < -0.39 is 5.82 Å². The van der Waals surface area contributed by atoms with Crippen molar-refractivity contribution in [3.8, 4) is 0 Å². The smallest absolute Gasteiger partial charge is 0.181 e. The van der Waals surface area contributed by atoms with E-state index in [9.17, 15) is 4.39 Å². The van der Waals surface area contributed by atoms with Crippen LogP contribution in [-0.2, 0) is 4.74 Å². The van der Waals surface area contributed by atoms with Crippen LogP contribution in [0, 0.1) is 12.7 Å². The number of nitrogens with zero attached hydrogens (tertiary/aromatic N) is 2. The predicted molar refractivity (Wildman–Crippen MR) is 56.4 cm³/mol. The molecule has 0 amide bonds. The van der Waals surface area contributed by atoms with Gasteiger partial charge in [0.15, 0.2) is 16.8 Å². The molecule has 1 rings (SSSR count). The summed E-state index contributed by atoms with van der Waals surface area (Å²) in [5, 5.41) is -0.143. The molecule has 0 aliphatic heterocycles. The standard InChI is InChI=1S/C10H14ClFN2O/c1-4-7(15-5-2)10-13-6(3)8(12)9(11)14-10/h7H,4-5H2,1-3H3. The summed E-state index contributed by atoms with van der Waals surface area (Å²) in [5.74, 6) is -0.116. The second-order valence-electron chi connectivity index (χ2n) is 3.12. The zero-order valence-electron chi connectivity index (χ0n) is 9.05. The first-order valence-corrected chi connectivity index (χ1v) is 5.29.